The molecule has 2 N–H and O–H groups in total. The fourth-order valence-electron chi connectivity index (χ4n) is 1.59. The van der Waals surface area contributed by atoms with Gasteiger partial charge in [0.25, 0.3) is 0 Å². The molecule has 0 saturated carbocycles. The molecule has 0 aliphatic rings. The molecule has 0 saturated heterocycles. The number of benzene rings is 1. The number of rotatable bonds is 5. The third kappa shape index (κ3) is 4.99. The van der Waals surface area contributed by atoms with Crippen LogP contribution in [0.1, 0.15) is 32.4 Å². The van der Waals surface area contributed by atoms with Crippen molar-refractivity contribution in [3.05, 3.63) is 35.9 Å². The van der Waals surface area contributed by atoms with Crippen molar-refractivity contribution < 1.29 is 14.3 Å². The lowest BCUT2D eigenvalue weighted by Gasteiger charge is -2.17. The molecule has 5 nitrogen and oxygen atoms in total. The number of esters is 1. The Morgan fingerprint density at radius 3 is 2.37 bits per heavy atom. The highest BCUT2D eigenvalue weighted by Crippen LogP contribution is 2.10. The zero-order chi connectivity index (χ0) is 14.3. The van der Waals surface area contributed by atoms with E-state index >= 15 is 0 Å². The second kappa shape index (κ2) is 7.41. The summed E-state index contributed by atoms with van der Waals surface area (Å²) >= 11 is 0. The van der Waals surface area contributed by atoms with E-state index in [4.69, 9.17) is 4.74 Å². The highest BCUT2D eigenvalue weighted by molar-refractivity contribution is 5.83. The van der Waals surface area contributed by atoms with Gasteiger partial charge in [-0.25, -0.2) is 9.59 Å². The highest BCUT2D eigenvalue weighted by atomic mass is 16.5. The normalized spacial score (nSPS) is 13.2. The van der Waals surface area contributed by atoms with Crippen molar-refractivity contribution in [1.29, 1.82) is 0 Å². The number of urea groups is 1. The third-order valence-corrected chi connectivity index (χ3v) is 2.63. The van der Waals surface area contributed by atoms with Gasteiger partial charge >= 0.3 is 12.0 Å². The molecule has 0 unspecified atom stereocenters. The van der Waals surface area contributed by atoms with Crippen molar-refractivity contribution in [2.45, 2.75) is 32.9 Å². The molecule has 0 aliphatic heterocycles. The van der Waals surface area contributed by atoms with E-state index in [0.717, 1.165) is 5.56 Å². The standard InChI is InChI=1S/C14H20N2O3/c1-4-19-13(17)11(3)16-14(18)15-10(2)12-8-6-5-7-9-12/h5-11H,4H2,1-3H3,(H2,15,16,18)/t10-,11+/m1/s1. The maximum atomic E-state index is 11.7. The average Bonchev–Trinajstić information content (AvgIpc) is 2.39. The van der Waals surface area contributed by atoms with E-state index in [0.29, 0.717) is 6.61 Å². The fraction of sp³-hybridized carbons (Fsp3) is 0.429. The minimum Gasteiger partial charge on any atom is -0.464 e. The third-order valence-electron chi connectivity index (χ3n) is 2.63. The number of nitrogens with one attached hydrogen (secondary N) is 2. The largest absolute Gasteiger partial charge is 0.464 e. The molecule has 0 aliphatic carbocycles. The number of carbonyl (C=O) groups excluding carboxylic acids is 2. The van der Waals surface area contributed by atoms with Crippen LogP contribution >= 0.6 is 0 Å². The summed E-state index contributed by atoms with van der Waals surface area (Å²) in [5, 5.41) is 5.31. The van der Waals surface area contributed by atoms with Crippen molar-refractivity contribution in [2.24, 2.45) is 0 Å². The number of hydrogen-bond donors (Lipinski definition) is 2. The Labute approximate surface area is 113 Å². The highest BCUT2D eigenvalue weighted by Gasteiger charge is 2.17. The molecule has 0 bridgehead atoms. The monoisotopic (exact) mass is 264 g/mol. The number of ether oxygens (including phenoxy) is 1. The van der Waals surface area contributed by atoms with Gasteiger partial charge < -0.3 is 15.4 Å². The van der Waals surface area contributed by atoms with Crippen molar-refractivity contribution >= 4 is 12.0 Å². The first-order valence-corrected chi connectivity index (χ1v) is 6.33. The molecule has 2 amide bonds. The second-order valence-electron chi connectivity index (χ2n) is 4.22. The summed E-state index contributed by atoms with van der Waals surface area (Å²) in [6.07, 6.45) is 0. The van der Waals surface area contributed by atoms with E-state index in [1.54, 1.807) is 13.8 Å². The van der Waals surface area contributed by atoms with Gasteiger partial charge in [-0.05, 0) is 26.3 Å². The Bertz CT molecular complexity index is 420. The van der Waals surface area contributed by atoms with Crippen LogP contribution in [0.3, 0.4) is 0 Å². The van der Waals surface area contributed by atoms with Crippen molar-refractivity contribution in [3.63, 3.8) is 0 Å². The first-order valence-electron chi connectivity index (χ1n) is 6.33. The van der Waals surface area contributed by atoms with Crippen LogP contribution in [-0.2, 0) is 9.53 Å². The van der Waals surface area contributed by atoms with Gasteiger partial charge in [-0.1, -0.05) is 30.3 Å². The van der Waals surface area contributed by atoms with E-state index in [2.05, 4.69) is 10.6 Å². The molecular formula is C14H20N2O3. The molecule has 19 heavy (non-hydrogen) atoms. The number of carbonyl (C=O) groups is 2. The minimum atomic E-state index is -0.664. The first kappa shape index (κ1) is 15.0. The summed E-state index contributed by atoms with van der Waals surface area (Å²) in [5.41, 5.74) is 1.00. The fourth-order valence-corrected chi connectivity index (χ4v) is 1.59. The minimum absolute atomic E-state index is 0.129. The van der Waals surface area contributed by atoms with Gasteiger partial charge in [-0.2, -0.15) is 0 Å². The van der Waals surface area contributed by atoms with Gasteiger partial charge in [0, 0.05) is 0 Å². The lowest BCUT2D eigenvalue weighted by Crippen LogP contribution is -2.45. The van der Waals surface area contributed by atoms with Gasteiger partial charge in [0.2, 0.25) is 0 Å². The molecule has 0 radical (unpaired) electrons. The van der Waals surface area contributed by atoms with Crippen molar-refractivity contribution in [2.75, 3.05) is 6.61 Å². The summed E-state index contributed by atoms with van der Waals surface area (Å²) in [7, 11) is 0. The first-order chi connectivity index (χ1) is 9.04. The lowest BCUT2D eigenvalue weighted by molar-refractivity contribution is -0.144. The van der Waals surface area contributed by atoms with Gasteiger partial charge in [0.15, 0.2) is 0 Å². The number of amides is 2. The molecule has 1 aromatic rings. The van der Waals surface area contributed by atoms with E-state index in [1.165, 1.54) is 0 Å². The van der Waals surface area contributed by atoms with E-state index < -0.39 is 18.0 Å². The smallest absolute Gasteiger partial charge is 0.328 e. The molecule has 5 heteroatoms. The summed E-state index contributed by atoms with van der Waals surface area (Å²) in [6.45, 7) is 5.49. The van der Waals surface area contributed by atoms with Crippen LogP contribution < -0.4 is 10.6 Å². The van der Waals surface area contributed by atoms with Crippen LogP contribution in [0.15, 0.2) is 30.3 Å². The molecular weight excluding hydrogens is 244 g/mol. The zero-order valence-corrected chi connectivity index (χ0v) is 11.5. The van der Waals surface area contributed by atoms with E-state index in [9.17, 15) is 9.59 Å². The Morgan fingerprint density at radius 2 is 1.79 bits per heavy atom. The SMILES string of the molecule is CCOC(=O)[C@H](C)NC(=O)N[C@H](C)c1ccccc1. The second-order valence-corrected chi connectivity index (χ2v) is 4.22. The topological polar surface area (TPSA) is 67.4 Å². The maximum Gasteiger partial charge on any atom is 0.328 e. The van der Waals surface area contributed by atoms with Gasteiger partial charge in [0.05, 0.1) is 12.6 Å². The van der Waals surface area contributed by atoms with Gasteiger partial charge in [0.1, 0.15) is 6.04 Å². The molecule has 0 heterocycles. The summed E-state index contributed by atoms with van der Waals surface area (Å²) in [6, 6.07) is 8.41. The van der Waals surface area contributed by atoms with Crippen LogP contribution in [0.2, 0.25) is 0 Å². The van der Waals surface area contributed by atoms with Crippen LogP contribution in [0, 0.1) is 0 Å². The van der Waals surface area contributed by atoms with Crippen LogP contribution in [0.25, 0.3) is 0 Å². The quantitative estimate of drug-likeness (QED) is 0.799. The van der Waals surface area contributed by atoms with E-state index in [-0.39, 0.29) is 6.04 Å². The number of hydrogen-bond acceptors (Lipinski definition) is 3. The summed E-state index contributed by atoms with van der Waals surface area (Å²) in [4.78, 5) is 23.1. The molecule has 104 valence electrons. The Morgan fingerprint density at radius 1 is 1.16 bits per heavy atom. The molecule has 1 aromatic carbocycles. The Balaban J connectivity index is 2.45. The molecule has 0 spiro atoms. The summed E-state index contributed by atoms with van der Waals surface area (Å²) in [5.74, 6) is -0.440. The molecule has 0 aromatic heterocycles. The average molecular weight is 264 g/mol. The van der Waals surface area contributed by atoms with Gasteiger partial charge in [-0.3, -0.25) is 0 Å². The zero-order valence-electron chi connectivity index (χ0n) is 11.5. The van der Waals surface area contributed by atoms with Crippen molar-refractivity contribution in [3.8, 4) is 0 Å². The Hall–Kier alpha value is -2.04. The molecule has 1 rings (SSSR count). The predicted molar refractivity (Wildman–Crippen MR) is 72.6 cm³/mol. The van der Waals surface area contributed by atoms with Crippen LogP contribution in [-0.4, -0.2) is 24.6 Å². The van der Waals surface area contributed by atoms with Crippen LogP contribution in [0.5, 0.6) is 0 Å². The van der Waals surface area contributed by atoms with Crippen LogP contribution in [0.4, 0.5) is 4.79 Å². The molecule has 2 atom stereocenters. The summed E-state index contributed by atoms with van der Waals surface area (Å²) < 4.78 is 4.81. The van der Waals surface area contributed by atoms with Crippen molar-refractivity contribution in [1.82, 2.24) is 10.6 Å². The van der Waals surface area contributed by atoms with Gasteiger partial charge in [-0.15, -0.1) is 0 Å². The predicted octanol–water partition coefficient (Wildman–Crippen LogP) is 2.00. The Kier molecular flexibility index (Phi) is 5.85. The lowest BCUT2D eigenvalue weighted by atomic mass is 10.1. The van der Waals surface area contributed by atoms with E-state index in [1.807, 2.05) is 37.3 Å². The maximum absolute atomic E-state index is 11.7. The molecule has 0 fully saturated rings.